The average molecular weight is 518 g/mol. The van der Waals surface area contributed by atoms with Crippen molar-refractivity contribution in [2.45, 2.75) is 0 Å². The lowest BCUT2D eigenvalue weighted by molar-refractivity contribution is 0.671. The Balaban J connectivity index is 1.48. The topological polar surface area (TPSA) is 43.9 Å². The van der Waals surface area contributed by atoms with Gasteiger partial charge in [0, 0.05) is 42.6 Å². The summed E-state index contributed by atoms with van der Waals surface area (Å²) in [6.07, 6.45) is 0. The Morgan fingerprint density at radius 3 is 2.21 bits per heavy atom. The molecule has 0 aliphatic rings. The number of rotatable bonds is 2. The lowest BCUT2D eigenvalue weighted by atomic mass is 10.1. The molecular weight excluding hydrogens is 498 g/mol. The van der Waals surface area contributed by atoms with E-state index in [4.69, 9.17) is 14.4 Å². The third-order valence-electron chi connectivity index (χ3n) is 7.65. The van der Waals surface area contributed by atoms with Gasteiger partial charge in [0.05, 0.1) is 11.2 Å². The van der Waals surface area contributed by atoms with Crippen molar-refractivity contribution in [3.8, 4) is 17.2 Å². The molecule has 0 N–H and O–H groups in total. The smallest absolute Gasteiger partial charge is 0.236 e. The van der Waals surface area contributed by atoms with Crippen LogP contribution in [0.15, 0.2) is 120 Å². The highest BCUT2D eigenvalue weighted by Gasteiger charge is 2.22. The minimum absolute atomic E-state index is 0.645. The highest BCUT2D eigenvalue weighted by molar-refractivity contribution is 7.25. The fourth-order valence-electron chi connectivity index (χ4n) is 5.96. The molecule has 0 spiro atoms. The lowest BCUT2D eigenvalue weighted by Gasteiger charge is -2.10. The number of hydrogen-bond acceptors (Lipinski definition) is 4. The molecule has 0 amide bonds. The van der Waals surface area contributed by atoms with Gasteiger partial charge in [0.15, 0.2) is 5.58 Å². The Hall–Kier alpha value is -5.00. The van der Waals surface area contributed by atoms with E-state index in [-0.39, 0.29) is 0 Å². The SMILES string of the molecule is c1ccc(-c2nc(-n3c4ccccc4c4ccc5c6ccccc6oc5c43)nc3sc4ccccc4c23)cc1. The summed E-state index contributed by atoms with van der Waals surface area (Å²) >= 11 is 1.71. The van der Waals surface area contributed by atoms with Crippen molar-refractivity contribution in [2.24, 2.45) is 0 Å². The molecule has 0 radical (unpaired) electrons. The summed E-state index contributed by atoms with van der Waals surface area (Å²) in [4.78, 5) is 11.5. The minimum atomic E-state index is 0.645. The number of aromatic nitrogens is 3. The number of para-hydroxylation sites is 2. The fraction of sp³-hybridized carbons (Fsp3) is 0. The van der Waals surface area contributed by atoms with Crippen LogP contribution in [0.4, 0.5) is 0 Å². The molecule has 0 atom stereocenters. The molecule has 5 aromatic carbocycles. The molecule has 4 heterocycles. The van der Waals surface area contributed by atoms with E-state index in [9.17, 15) is 0 Å². The number of hydrogen-bond donors (Lipinski definition) is 0. The minimum Gasteiger partial charge on any atom is -0.454 e. The van der Waals surface area contributed by atoms with Gasteiger partial charge in [-0.25, -0.2) is 9.97 Å². The summed E-state index contributed by atoms with van der Waals surface area (Å²) in [6.45, 7) is 0. The van der Waals surface area contributed by atoms with E-state index >= 15 is 0 Å². The van der Waals surface area contributed by atoms with Crippen LogP contribution in [-0.4, -0.2) is 14.5 Å². The maximum Gasteiger partial charge on any atom is 0.236 e. The molecule has 182 valence electrons. The van der Waals surface area contributed by atoms with E-state index in [1.54, 1.807) is 11.3 Å². The Morgan fingerprint density at radius 1 is 0.590 bits per heavy atom. The van der Waals surface area contributed by atoms with Gasteiger partial charge < -0.3 is 4.42 Å². The van der Waals surface area contributed by atoms with Gasteiger partial charge in [-0.1, -0.05) is 91.0 Å². The van der Waals surface area contributed by atoms with Gasteiger partial charge in [-0.15, -0.1) is 11.3 Å². The summed E-state index contributed by atoms with van der Waals surface area (Å²) < 4.78 is 9.93. The van der Waals surface area contributed by atoms with Crippen LogP contribution in [0.3, 0.4) is 0 Å². The van der Waals surface area contributed by atoms with Gasteiger partial charge >= 0.3 is 0 Å². The highest BCUT2D eigenvalue weighted by atomic mass is 32.1. The summed E-state index contributed by atoms with van der Waals surface area (Å²) in [5.41, 5.74) is 5.79. The molecule has 0 fully saturated rings. The summed E-state index contributed by atoms with van der Waals surface area (Å²) in [6, 6.07) is 40.0. The molecule has 0 saturated heterocycles. The van der Waals surface area contributed by atoms with E-state index in [1.807, 2.05) is 18.2 Å². The van der Waals surface area contributed by atoms with Crippen molar-refractivity contribution in [3.63, 3.8) is 0 Å². The van der Waals surface area contributed by atoms with Crippen molar-refractivity contribution in [1.82, 2.24) is 14.5 Å². The second-order valence-electron chi connectivity index (χ2n) is 9.81. The molecule has 9 rings (SSSR count). The molecule has 4 nitrogen and oxygen atoms in total. The van der Waals surface area contributed by atoms with Crippen LogP contribution in [0, 0.1) is 0 Å². The number of fused-ring (bicyclic) bond motifs is 10. The molecule has 0 aliphatic heterocycles. The van der Waals surface area contributed by atoms with Crippen LogP contribution in [0.2, 0.25) is 0 Å². The average Bonchev–Trinajstić information content (AvgIpc) is 3.66. The molecule has 4 aromatic heterocycles. The van der Waals surface area contributed by atoms with Crippen molar-refractivity contribution in [3.05, 3.63) is 115 Å². The monoisotopic (exact) mass is 517 g/mol. The van der Waals surface area contributed by atoms with Gasteiger partial charge in [0.2, 0.25) is 5.95 Å². The van der Waals surface area contributed by atoms with Crippen molar-refractivity contribution in [1.29, 1.82) is 0 Å². The van der Waals surface area contributed by atoms with Gasteiger partial charge in [0.1, 0.15) is 15.9 Å². The van der Waals surface area contributed by atoms with Gasteiger partial charge in [-0.2, -0.15) is 0 Å². The molecule has 5 heteroatoms. The van der Waals surface area contributed by atoms with E-state index in [2.05, 4.69) is 102 Å². The first-order chi connectivity index (χ1) is 19.3. The second-order valence-corrected chi connectivity index (χ2v) is 10.8. The fourth-order valence-corrected chi connectivity index (χ4v) is 7.03. The normalized spacial score (nSPS) is 12.1. The van der Waals surface area contributed by atoms with E-state index < -0.39 is 0 Å². The molecule has 9 aromatic rings. The van der Waals surface area contributed by atoms with Gasteiger partial charge in [-0.3, -0.25) is 4.57 Å². The maximum atomic E-state index is 6.53. The number of thiophene rings is 1. The quantitative estimate of drug-likeness (QED) is 0.229. The first kappa shape index (κ1) is 21.0. The number of nitrogens with zero attached hydrogens (tertiary/aromatic N) is 3. The number of furan rings is 1. The van der Waals surface area contributed by atoms with Crippen LogP contribution in [0.25, 0.3) is 81.3 Å². The standard InChI is InChI=1S/C34H19N3OS/c1-2-10-20(11-3-1)30-29-25-14-6-9-17-28(25)39-33(29)36-34(35-30)37-26-15-7-4-12-21(26)23-18-19-24-22-13-5-8-16-27(22)38-32(24)31(23)37/h1-19H. The Morgan fingerprint density at radius 2 is 1.31 bits per heavy atom. The van der Waals surface area contributed by atoms with E-state index in [1.165, 1.54) is 10.1 Å². The Kier molecular flexibility index (Phi) is 4.18. The van der Waals surface area contributed by atoms with Crippen LogP contribution in [-0.2, 0) is 0 Å². The zero-order valence-electron chi connectivity index (χ0n) is 20.6. The van der Waals surface area contributed by atoms with Crippen molar-refractivity contribution >= 4 is 75.4 Å². The largest absolute Gasteiger partial charge is 0.454 e. The maximum absolute atomic E-state index is 6.53. The molecule has 0 saturated carbocycles. The van der Waals surface area contributed by atoms with Crippen molar-refractivity contribution in [2.75, 3.05) is 0 Å². The third-order valence-corrected chi connectivity index (χ3v) is 8.72. The summed E-state index contributed by atoms with van der Waals surface area (Å²) in [5.74, 6) is 0.645. The predicted octanol–water partition coefficient (Wildman–Crippen LogP) is 9.51. The lowest BCUT2D eigenvalue weighted by Crippen LogP contribution is -2.02. The molecule has 39 heavy (non-hydrogen) atoms. The Labute approximate surface area is 226 Å². The van der Waals surface area contributed by atoms with Gasteiger partial charge in [-0.05, 0) is 24.3 Å². The number of benzene rings is 5. The van der Waals surface area contributed by atoms with Crippen LogP contribution >= 0.6 is 11.3 Å². The van der Waals surface area contributed by atoms with Gasteiger partial charge in [0.25, 0.3) is 0 Å². The predicted molar refractivity (Wildman–Crippen MR) is 162 cm³/mol. The third kappa shape index (κ3) is 2.88. The summed E-state index contributed by atoms with van der Waals surface area (Å²) in [7, 11) is 0. The molecular formula is C34H19N3OS. The second kappa shape index (κ2) is 7.76. The van der Waals surface area contributed by atoms with E-state index in [0.29, 0.717) is 5.95 Å². The molecule has 0 bridgehead atoms. The molecule has 0 aliphatic carbocycles. The summed E-state index contributed by atoms with van der Waals surface area (Å²) in [5, 5.41) is 6.75. The zero-order valence-corrected chi connectivity index (χ0v) is 21.4. The first-order valence-electron chi connectivity index (χ1n) is 12.9. The van der Waals surface area contributed by atoms with Crippen molar-refractivity contribution < 1.29 is 4.42 Å². The van der Waals surface area contributed by atoms with E-state index in [0.717, 1.165) is 65.2 Å². The molecule has 0 unspecified atom stereocenters. The van der Waals surface area contributed by atoms with Crippen LogP contribution in [0.5, 0.6) is 0 Å². The van der Waals surface area contributed by atoms with Crippen LogP contribution < -0.4 is 0 Å². The zero-order chi connectivity index (χ0) is 25.5. The van der Waals surface area contributed by atoms with Crippen LogP contribution in [0.1, 0.15) is 0 Å². The highest BCUT2D eigenvalue weighted by Crippen LogP contribution is 2.42. The Bertz CT molecular complexity index is 2400. The first-order valence-corrected chi connectivity index (χ1v) is 13.8.